The SMILES string of the molecule is N=C(Cc1noc2ccccc12)N1CCCCC1. The maximum atomic E-state index is 8.18. The third-order valence-electron chi connectivity index (χ3n) is 3.52. The maximum Gasteiger partial charge on any atom is 0.167 e. The summed E-state index contributed by atoms with van der Waals surface area (Å²) in [5.74, 6) is 0.661. The van der Waals surface area contributed by atoms with Crippen LogP contribution >= 0.6 is 0 Å². The van der Waals surface area contributed by atoms with Crippen molar-refractivity contribution in [3.63, 3.8) is 0 Å². The van der Waals surface area contributed by atoms with E-state index in [2.05, 4.69) is 10.1 Å². The van der Waals surface area contributed by atoms with Gasteiger partial charge in [0.05, 0.1) is 12.1 Å². The first-order valence-electron chi connectivity index (χ1n) is 6.50. The Bertz CT molecular complexity index is 555. The van der Waals surface area contributed by atoms with E-state index in [1.54, 1.807) is 0 Å². The number of benzene rings is 1. The molecular formula is C14H17N3O. The van der Waals surface area contributed by atoms with E-state index in [0.29, 0.717) is 12.3 Å². The fourth-order valence-electron chi connectivity index (χ4n) is 2.50. The molecular weight excluding hydrogens is 226 g/mol. The van der Waals surface area contributed by atoms with Crippen LogP contribution < -0.4 is 0 Å². The van der Waals surface area contributed by atoms with E-state index >= 15 is 0 Å². The number of nitrogens with one attached hydrogen (secondary N) is 1. The van der Waals surface area contributed by atoms with Crippen molar-refractivity contribution in [3.05, 3.63) is 30.0 Å². The summed E-state index contributed by atoms with van der Waals surface area (Å²) in [6.07, 6.45) is 4.25. The summed E-state index contributed by atoms with van der Waals surface area (Å²) in [5, 5.41) is 13.3. The Kier molecular flexibility index (Phi) is 3.00. The van der Waals surface area contributed by atoms with Crippen LogP contribution in [0, 0.1) is 5.41 Å². The van der Waals surface area contributed by atoms with Crippen LogP contribution in [0.3, 0.4) is 0 Å². The van der Waals surface area contributed by atoms with Crippen molar-refractivity contribution in [2.24, 2.45) is 0 Å². The summed E-state index contributed by atoms with van der Waals surface area (Å²) in [4.78, 5) is 2.16. The number of piperidine rings is 1. The first kappa shape index (κ1) is 11.3. The number of rotatable bonds is 2. The van der Waals surface area contributed by atoms with Crippen LogP contribution in [-0.4, -0.2) is 29.0 Å². The summed E-state index contributed by atoms with van der Waals surface area (Å²) < 4.78 is 5.27. The van der Waals surface area contributed by atoms with Gasteiger partial charge in [-0.15, -0.1) is 0 Å². The number of hydrogen-bond donors (Lipinski definition) is 1. The summed E-state index contributed by atoms with van der Waals surface area (Å²) >= 11 is 0. The minimum Gasteiger partial charge on any atom is -0.360 e. The predicted octanol–water partition coefficient (Wildman–Crippen LogP) is 2.83. The zero-order valence-electron chi connectivity index (χ0n) is 10.4. The second-order valence-electron chi connectivity index (χ2n) is 4.80. The largest absolute Gasteiger partial charge is 0.360 e. The van der Waals surface area contributed by atoms with Gasteiger partial charge in [0.1, 0.15) is 5.84 Å². The summed E-state index contributed by atoms with van der Waals surface area (Å²) in [6, 6.07) is 7.84. The molecule has 3 rings (SSSR count). The van der Waals surface area contributed by atoms with Crippen molar-refractivity contribution in [1.29, 1.82) is 5.41 Å². The Morgan fingerprint density at radius 2 is 2.00 bits per heavy atom. The molecule has 94 valence electrons. The molecule has 1 aliphatic heterocycles. The van der Waals surface area contributed by atoms with E-state index in [1.165, 1.54) is 19.3 Å². The van der Waals surface area contributed by atoms with Crippen molar-refractivity contribution in [2.75, 3.05) is 13.1 Å². The summed E-state index contributed by atoms with van der Waals surface area (Å²) in [7, 11) is 0. The number of nitrogens with zero attached hydrogens (tertiary/aromatic N) is 2. The van der Waals surface area contributed by atoms with Crippen molar-refractivity contribution < 1.29 is 4.52 Å². The first-order valence-corrected chi connectivity index (χ1v) is 6.50. The van der Waals surface area contributed by atoms with Crippen LogP contribution in [-0.2, 0) is 6.42 Å². The van der Waals surface area contributed by atoms with Crippen LogP contribution in [0.25, 0.3) is 11.0 Å². The summed E-state index contributed by atoms with van der Waals surface area (Å²) in [5.41, 5.74) is 1.68. The molecule has 2 aromatic rings. The molecule has 1 N–H and O–H groups in total. The van der Waals surface area contributed by atoms with Gasteiger partial charge in [0, 0.05) is 18.5 Å². The highest BCUT2D eigenvalue weighted by molar-refractivity contribution is 5.87. The molecule has 0 bridgehead atoms. The highest BCUT2D eigenvalue weighted by Crippen LogP contribution is 2.19. The topological polar surface area (TPSA) is 53.1 Å². The Morgan fingerprint density at radius 1 is 1.22 bits per heavy atom. The molecule has 2 heterocycles. The number of hydrogen-bond acceptors (Lipinski definition) is 3. The van der Waals surface area contributed by atoms with Gasteiger partial charge in [-0.05, 0) is 31.4 Å². The molecule has 1 aromatic heterocycles. The molecule has 0 atom stereocenters. The van der Waals surface area contributed by atoms with Crippen molar-refractivity contribution in [1.82, 2.24) is 10.1 Å². The molecule has 0 amide bonds. The number of fused-ring (bicyclic) bond motifs is 1. The van der Waals surface area contributed by atoms with Gasteiger partial charge in [0.15, 0.2) is 5.58 Å². The molecule has 1 fully saturated rings. The van der Waals surface area contributed by atoms with E-state index < -0.39 is 0 Å². The Balaban J connectivity index is 1.77. The minimum absolute atomic E-state index is 0.566. The van der Waals surface area contributed by atoms with Gasteiger partial charge in [0.25, 0.3) is 0 Å². The van der Waals surface area contributed by atoms with Crippen LogP contribution in [0.1, 0.15) is 25.0 Å². The fraction of sp³-hybridized carbons (Fsp3) is 0.429. The average Bonchev–Trinajstić information content (AvgIpc) is 2.83. The number of para-hydroxylation sites is 1. The Hall–Kier alpha value is -1.84. The lowest BCUT2D eigenvalue weighted by atomic mass is 10.1. The molecule has 0 unspecified atom stereocenters. The Labute approximate surface area is 106 Å². The van der Waals surface area contributed by atoms with E-state index in [-0.39, 0.29) is 0 Å². The van der Waals surface area contributed by atoms with Crippen LogP contribution in [0.15, 0.2) is 28.8 Å². The lowest BCUT2D eigenvalue weighted by molar-refractivity contribution is 0.335. The molecule has 0 aliphatic carbocycles. The van der Waals surface area contributed by atoms with Gasteiger partial charge < -0.3 is 9.42 Å². The second kappa shape index (κ2) is 4.80. The third-order valence-corrected chi connectivity index (χ3v) is 3.52. The van der Waals surface area contributed by atoms with E-state index in [1.807, 2.05) is 24.3 Å². The normalized spacial score (nSPS) is 16.1. The van der Waals surface area contributed by atoms with Crippen molar-refractivity contribution >= 4 is 16.8 Å². The highest BCUT2D eigenvalue weighted by atomic mass is 16.5. The molecule has 1 aromatic carbocycles. The van der Waals surface area contributed by atoms with E-state index in [9.17, 15) is 0 Å². The Morgan fingerprint density at radius 3 is 2.83 bits per heavy atom. The zero-order chi connectivity index (χ0) is 12.4. The van der Waals surface area contributed by atoms with Gasteiger partial charge in [-0.1, -0.05) is 17.3 Å². The van der Waals surface area contributed by atoms with Crippen molar-refractivity contribution in [3.8, 4) is 0 Å². The summed E-state index contributed by atoms with van der Waals surface area (Å²) in [6.45, 7) is 2.02. The van der Waals surface area contributed by atoms with Gasteiger partial charge in [0.2, 0.25) is 0 Å². The van der Waals surface area contributed by atoms with Gasteiger partial charge in [-0.25, -0.2) is 0 Å². The van der Waals surface area contributed by atoms with Gasteiger partial charge in [-0.2, -0.15) is 0 Å². The smallest absolute Gasteiger partial charge is 0.167 e. The lowest BCUT2D eigenvalue weighted by Crippen LogP contribution is -2.36. The van der Waals surface area contributed by atoms with Crippen LogP contribution in [0.4, 0.5) is 0 Å². The first-order chi connectivity index (χ1) is 8.84. The molecule has 1 aliphatic rings. The number of likely N-dealkylation sites (tertiary alicyclic amines) is 1. The van der Waals surface area contributed by atoms with Gasteiger partial charge in [-0.3, -0.25) is 5.41 Å². The monoisotopic (exact) mass is 243 g/mol. The molecule has 0 saturated carbocycles. The maximum absolute atomic E-state index is 8.18. The molecule has 1 saturated heterocycles. The molecule has 0 spiro atoms. The third kappa shape index (κ3) is 2.10. The number of aromatic nitrogens is 1. The molecule has 0 radical (unpaired) electrons. The highest BCUT2D eigenvalue weighted by Gasteiger charge is 2.16. The lowest BCUT2D eigenvalue weighted by Gasteiger charge is -2.28. The van der Waals surface area contributed by atoms with E-state index in [4.69, 9.17) is 9.93 Å². The second-order valence-corrected chi connectivity index (χ2v) is 4.80. The number of amidine groups is 1. The zero-order valence-corrected chi connectivity index (χ0v) is 10.4. The minimum atomic E-state index is 0.566. The fourth-order valence-corrected chi connectivity index (χ4v) is 2.50. The average molecular weight is 243 g/mol. The van der Waals surface area contributed by atoms with Crippen LogP contribution in [0.5, 0.6) is 0 Å². The van der Waals surface area contributed by atoms with Gasteiger partial charge >= 0.3 is 0 Å². The van der Waals surface area contributed by atoms with E-state index in [0.717, 1.165) is 29.8 Å². The molecule has 4 heteroatoms. The van der Waals surface area contributed by atoms with Crippen LogP contribution in [0.2, 0.25) is 0 Å². The molecule has 4 nitrogen and oxygen atoms in total. The van der Waals surface area contributed by atoms with Crippen molar-refractivity contribution in [2.45, 2.75) is 25.7 Å². The quantitative estimate of drug-likeness (QED) is 0.651. The standard InChI is InChI=1S/C14H17N3O/c15-14(17-8-4-1-5-9-17)10-12-11-6-2-3-7-13(11)18-16-12/h2-3,6-7,15H,1,4-5,8-10H2. The molecule has 18 heavy (non-hydrogen) atoms. The predicted molar refractivity (Wildman–Crippen MR) is 70.9 cm³/mol.